The zero-order chi connectivity index (χ0) is 27.5. The van der Waals surface area contributed by atoms with Crippen LogP contribution in [0, 0.1) is 6.92 Å². The van der Waals surface area contributed by atoms with Gasteiger partial charge < -0.3 is 23.8 Å². The number of nitrogens with zero attached hydrogens (tertiary/aromatic N) is 1. The predicted octanol–water partition coefficient (Wildman–Crippen LogP) is 6.68. The number of benzene rings is 3. The van der Waals surface area contributed by atoms with Crippen LogP contribution in [0.1, 0.15) is 29.8 Å². The molecule has 1 unspecified atom stereocenters. The summed E-state index contributed by atoms with van der Waals surface area (Å²) in [7, 11) is 0. The topological polar surface area (TPSA) is 120 Å². The highest BCUT2D eigenvalue weighted by atomic mass is 35.5. The summed E-state index contributed by atoms with van der Waals surface area (Å²) in [5.41, 5.74) is 4.33. The molecular formula is C29H25ClN2O7. The summed E-state index contributed by atoms with van der Waals surface area (Å²) < 4.78 is 23.2. The van der Waals surface area contributed by atoms with Gasteiger partial charge in [0.25, 0.3) is 0 Å². The molecule has 0 fully saturated rings. The monoisotopic (exact) mass is 548 g/mol. The minimum absolute atomic E-state index is 0.0584. The molecule has 0 saturated heterocycles. The quantitative estimate of drug-likeness (QED) is 0.262. The van der Waals surface area contributed by atoms with Crippen LogP contribution in [0.4, 0.5) is 10.5 Å². The van der Waals surface area contributed by atoms with Gasteiger partial charge in [0.05, 0.1) is 12.0 Å². The van der Waals surface area contributed by atoms with Crippen LogP contribution < -0.4 is 14.8 Å². The SMILES string of the molecule is Cc1noc(-c2ccc(-c3ccc(CC(=O)O)cc3)c3c2OCCO3)c1NC(=O)OC(C)c1ccccc1Cl. The van der Waals surface area contributed by atoms with E-state index in [1.54, 1.807) is 50.2 Å². The first-order valence-corrected chi connectivity index (χ1v) is 12.6. The summed E-state index contributed by atoms with van der Waals surface area (Å²) in [5, 5.41) is 16.3. The Bertz CT molecular complexity index is 1530. The van der Waals surface area contributed by atoms with E-state index in [9.17, 15) is 9.59 Å². The molecule has 0 saturated carbocycles. The number of anilines is 1. The summed E-state index contributed by atoms with van der Waals surface area (Å²) in [4.78, 5) is 23.8. The van der Waals surface area contributed by atoms with Gasteiger partial charge in [-0.3, -0.25) is 10.1 Å². The third-order valence-corrected chi connectivity index (χ3v) is 6.61. The van der Waals surface area contributed by atoms with Crippen LogP contribution in [0.2, 0.25) is 5.02 Å². The van der Waals surface area contributed by atoms with E-state index in [1.165, 1.54) is 0 Å². The number of carbonyl (C=O) groups excluding carboxylic acids is 1. The number of carboxylic acids is 1. The Labute approximate surface area is 229 Å². The second kappa shape index (κ2) is 11.1. The number of nitrogens with one attached hydrogen (secondary N) is 1. The zero-order valence-corrected chi connectivity index (χ0v) is 21.9. The van der Waals surface area contributed by atoms with Crippen molar-refractivity contribution in [2.75, 3.05) is 18.5 Å². The molecule has 1 aromatic heterocycles. The fraction of sp³-hybridized carbons (Fsp3) is 0.207. The molecule has 2 N–H and O–H groups in total. The Morgan fingerprint density at radius 3 is 2.38 bits per heavy atom. The Balaban J connectivity index is 1.44. The standard InChI is InChI=1S/C29H25ClN2O7/c1-16-25(31-29(35)38-17(2)20-5-3-4-6-23(20)30)26(39-32-16)22-12-11-21(27-28(22)37-14-13-36-27)19-9-7-18(8-10-19)15-24(33)34/h3-12,17H,13-15H2,1-2H3,(H,31,35)(H,33,34). The minimum Gasteiger partial charge on any atom is -0.485 e. The zero-order valence-electron chi connectivity index (χ0n) is 21.2. The van der Waals surface area contributed by atoms with Crippen LogP contribution in [0.25, 0.3) is 22.5 Å². The molecule has 2 heterocycles. The van der Waals surface area contributed by atoms with Crippen molar-refractivity contribution in [2.24, 2.45) is 0 Å². The third kappa shape index (κ3) is 5.53. The number of fused-ring (bicyclic) bond motifs is 1. The molecule has 5 rings (SSSR count). The van der Waals surface area contributed by atoms with Crippen molar-refractivity contribution in [3.63, 3.8) is 0 Å². The maximum Gasteiger partial charge on any atom is 0.412 e. The number of hydrogen-bond acceptors (Lipinski definition) is 7. The van der Waals surface area contributed by atoms with Crippen molar-refractivity contribution in [3.05, 3.63) is 82.5 Å². The van der Waals surface area contributed by atoms with Crippen LogP contribution in [0.3, 0.4) is 0 Å². The van der Waals surface area contributed by atoms with E-state index >= 15 is 0 Å². The first kappa shape index (κ1) is 26.1. The van der Waals surface area contributed by atoms with Gasteiger partial charge in [-0.1, -0.05) is 59.2 Å². The molecule has 1 atom stereocenters. The number of ether oxygens (including phenoxy) is 3. The van der Waals surface area contributed by atoms with Crippen LogP contribution in [0.15, 0.2) is 65.2 Å². The van der Waals surface area contributed by atoms with Gasteiger partial charge in [0.2, 0.25) is 0 Å². The number of halogens is 1. The van der Waals surface area contributed by atoms with Crippen LogP contribution in [-0.2, 0) is 16.0 Å². The molecule has 0 aliphatic carbocycles. The lowest BCUT2D eigenvalue weighted by Gasteiger charge is -2.23. The summed E-state index contributed by atoms with van der Waals surface area (Å²) in [6.45, 7) is 4.12. The molecule has 1 amide bonds. The minimum atomic E-state index is -0.893. The number of aromatic nitrogens is 1. The molecule has 4 aromatic rings. The van der Waals surface area contributed by atoms with Gasteiger partial charge >= 0.3 is 12.1 Å². The lowest BCUT2D eigenvalue weighted by Crippen LogP contribution is -2.18. The normalized spacial score (nSPS) is 13.0. The second-order valence-corrected chi connectivity index (χ2v) is 9.36. The second-order valence-electron chi connectivity index (χ2n) is 8.95. The Morgan fingerprint density at radius 1 is 1.03 bits per heavy atom. The highest BCUT2D eigenvalue weighted by molar-refractivity contribution is 6.31. The number of carboxylic acid groups (broad SMARTS) is 1. The molecule has 0 spiro atoms. The summed E-state index contributed by atoms with van der Waals surface area (Å²) in [6.07, 6.45) is -1.34. The fourth-order valence-corrected chi connectivity index (χ4v) is 4.67. The van der Waals surface area contributed by atoms with Crippen molar-refractivity contribution in [2.45, 2.75) is 26.4 Å². The van der Waals surface area contributed by atoms with Gasteiger partial charge in [0.1, 0.15) is 30.7 Å². The van der Waals surface area contributed by atoms with Gasteiger partial charge in [-0.25, -0.2) is 4.79 Å². The average Bonchev–Trinajstić information content (AvgIpc) is 3.27. The first-order chi connectivity index (χ1) is 18.8. The maximum absolute atomic E-state index is 12.8. The van der Waals surface area contributed by atoms with Crippen molar-refractivity contribution < 1.29 is 33.4 Å². The molecular weight excluding hydrogens is 524 g/mol. The number of aliphatic carboxylic acids is 1. The van der Waals surface area contributed by atoms with Crippen molar-refractivity contribution in [1.29, 1.82) is 0 Å². The van der Waals surface area contributed by atoms with Crippen LogP contribution in [-0.4, -0.2) is 35.5 Å². The molecule has 0 radical (unpaired) electrons. The number of hydrogen-bond donors (Lipinski definition) is 2. The van der Waals surface area contributed by atoms with Crippen molar-refractivity contribution in [1.82, 2.24) is 5.16 Å². The van der Waals surface area contributed by atoms with Gasteiger partial charge in [-0.15, -0.1) is 0 Å². The van der Waals surface area contributed by atoms with E-state index in [1.807, 2.05) is 24.3 Å². The smallest absolute Gasteiger partial charge is 0.412 e. The molecule has 10 heteroatoms. The van der Waals surface area contributed by atoms with E-state index in [2.05, 4.69) is 10.5 Å². The van der Waals surface area contributed by atoms with Crippen LogP contribution in [0.5, 0.6) is 11.5 Å². The van der Waals surface area contributed by atoms with E-state index in [-0.39, 0.29) is 6.42 Å². The molecule has 3 aromatic carbocycles. The van der Waals surface area contributed by atoms with E-state index < -0.39 is 18.2 Å². The fourth-order valence-electron chi connectivity index (χ4n) is 4.38. The molecule has 1 aliphatic heterocycles. The molecule has 39 heavy (non-hydrogen) atoms. The largest absolute Gasteiger partial charge is 0.485 e. The Hall–Kier alpha value is -4.50. The molecule has 200 valence electrons. The summed E-state index contributed by atoms with van der Waals surface area (Å²) >= 11 is 6.24. The maximum atomic E-state index is 12.8. The van der Waals surface area contributed by atoms with Gasteiger partial charge in [-0.2, -0.15) is 0 Å². The van der Waals surface area contributed by atoms with Gasteiger partial charge in [0, 0.05) is 16.1 Å². The number of amides is 1. The number of aryl methyl sites for hydroxylation is 1. The highest BCUT2D eigenvalue weighted by Gasteiger charge is 2.28. The summed E-state index contributed by atoms with van der Waals surface area (Å²) in [6, 6.07) is 18.0. The Kier molecular flexibility index (Phi) is 7.42. The highest BCUT2D eigenvalue weighted by Crippen LogP contribution is 2.48. The molecule has 9 nitrogen and oxygen atoms in total. The van der Waals surface area contributed by atoms with Crippen molar-refractivity contribution >= 4 is 29.4 Å². The number of rotatable bonds is 7. The first-order valence-electron chi connectivity index (χ1n) is 12.2. The third-order valence-electron chi connectivity index (χ3n) is 6.27. The number of carbonyl (C=O) groups is 2. The average molecular weight is 549 g/mol. The van der Waals surface area contributed by atoms with Crippen molar-refractivity contribution in [3.8, 4) is 33.9 Å². The van der Waals surface area contributed by atoms with Gasteiger partial charge in [-0.05, 0) is 43.2 Å². The molecule has 0 bridgehead atoms. The Morgan fingerprint density at radius 2 is 1.69 bits per heavy atom. The van der Waals surface area contributed by atoms with E-state index in [0.717, 1.165) is 11.1 Å². The van der Waals surface area contributed by atoms with E-state index in [0.29, 0.717) is 63.6 Å². The molecule has 1 aliphatic rings. The van der Waals surface area contributed by atoms with Gasteiger partial charge in [0.15, 0.2) is 17.3 Å². The predicted molar refractivity (Wildman–Crippen MR) is 144 cm³/mol. The lowest BCUT2D eigenvalue weighted by molar-refractivity contribution is -0.136. The van der Waals surface area contributed by atoms with Crippen LogP contribution >= 0.6 is 11.6 Å². The lowest BCUT2D eigenvalue weighted by atomic mass is 9.98. The summed E-state index contributed by atoms with van der Waals surface area (Å²) in [5.74, 6) is 0.361. The van der Waals surface area contributed by atoms with E-state index in [4.69, 9.17) is 35.4 Å².